The van der Waals surface area contributed by atoms with E-state index in [1.54, 1.807) is 27.7 Å². The van der Waals surface area contributed by atoms with E-state index in [1.807, 2.05) is 0 Å². The highest BCUT2D eigenvalue weighted by Crippen LogP contribution is 2.25. The minimum atomic E-state index is -0.820. The monoisotopic (exact) mass is 341 g/mol. The first-order chi connectivity index (χ1) is 10.6. The lowest BCUT2D eigenvalue weighted by atomic mass is 10.2. The number of hydrogen-bond donors (Lipinski definition) is 2. The summed E-state index contributed by atoms with van der Waals surface area (Å²) in [5.41, 5.74) is -1.55. The van der Waals surface area contributed by atoms with Gasteiger partial charge in [0.2, 0.25) is 0 Å². The Balaban J connectivity index is 2.62. The number of aliphatic hydroxyl groups is 1. The summed E-state index contributed by atoms with van der Waals surface area (Å²) >= 11 is 1.14. The van der Waals surface area contributed by atoms with Crippen LogP contribution in [0.2, 0.25) is 0 Å². The Morgan fingerprint density at radius 3 is 2.52 bits per heavy atom. The normalized spacial score (nSPS) is 11.7. The number of carbonyl (C=O) groups excluding carboxylic acids is 1. The minimum absolute atomic E-state index is 0.228. The number of carbonyl (C=O) groups is 1. The number of nitrogens with one attached hydrogen (secondary N) is 1. The van der Waals surface area contributed by atoms with Gasteiger partial charge in [0.05, 0.1) is 12.0 Å². The summed E-state index contributed by atoms with van der Waals surface area (Å²) < 4.78 is 5.86. The van der Waals surface area contributed by atoms with Crippen LogP contribution in [0.25, 0.3) is 10.2 Å². The van der Waals surface area contributed by atoms with E-state index in [0.717, 1.165) is 16.3 Å². The molecule has 2 N–H and O–H groups in total. The van der Waals surface area contributed by atoms with Crippen LogP contribution in [-0.4, -0.2) is 33.5 Å². The number of H-pyrrole nitrogens is 1. The smallest absolute Gasteiger partial charge is 0.429 e. The summed E-state index contributed by atoms with van der Waals surface area (Å²) in [6.07, 6.45) is -0.820. The van der Waals surface area contributed by atoms with E-state index in [-0.39, 0.29) is 12.0 Å². The first kappa shape index (κ1) is 17.2. The molecule has 0 aliphatic carbocycles. The fraction of sp³-hybridized carbons (Fsp3) is 0.500. The molecule has 0 atom stereocenters. The SMILES string of the molecule is Cc1c(CO)sc2[nH]c(=O)n(N(C)C(=O)OC(C)(C)C)c(=O)c12. The molecule has 1 amide bonds. The molecule has 0 saturated carbocycles. The third-order valence-electron chi connectivity index (χ3n) is 3.17. The van der Waals surface area contributed by atoms with Gasteiger partial charge in [-0.2, -0.15) is 4.68 Å². The molecule has 0 unspecified atom stereocenters. The van der Waals surface area contributed by atoms with Crippen LogP contribution >= 0.6 is 11.3 Å². The van der Waals surface area contributed by atoms with E-state index >= 15 is 0 Å². The van der Waals surface area contributed by atoms with Crippen molar-refractivity contribution in [2.45, 2.75) is 39.9 Å². The highest BCUT2D eigenvalue weighted by atomic mass is 32.1. The molecule has 9 heteroatoms. The summed E-state index contributed by atoms with van der Waals surface area (Å²) in [5, 5.41) is 10.4. The average molecular weight is 341 g/mol. The molecule has 0 spiro atoms. The molecule has 2 aromatic rings. The first-order valence-electron chi connectivity index (χ1n) is 6.92. The molecule has 0 aliphatic rings. The summed E-state index contributed by atoms with van der Waals surface area (Å²) in [5.74, 6) is 0. The number of fused-ring (bicyclic) bond motifs is 1. The van der Waals surface area contributed by atoms with Crippen molar-refractivity contribution in [2.75, 3.05) is 12.1 Å². The lowest BCUT2D eigenvalue weighted by molar-refractivity contribution is 0.0546. The molecule has 2 rings (SSSR count). The largest absolute Gasteiger partial charge is 0.442 e. The van der Waals surface area contributed by atoms with Gasteiger partial charge in [-0.05, 0) is 33.3 Å². The van der Waals surface area contributed by atoms with Crippen molar-refractivity contribution >= 4 is 27.6 Å². The standard InChI is InChI=1S/C14H19N3O5S/c1-7-8(6-18)23-10-9(7)11(19)17(12(20)15-10)16(5)13(21)22-14(2,3)4/h18H,6H2,1-5H3,(H,15,20). The van der Waals surface area contributed by atoms with Crippen LogP contribution in [0.5, 0.6) is 0 Å². The van der Waals surface area contributed by atoms with Gasteiger partial charge in [0.15, 0.2) is 0 Å². The van der Waals surface area contributed by atoms with E-state index in [0.29, 0.717) is 19.9 Å². The molecule has 126 valence electrons. The Morgan fingerprint density at radius 1 is 1.39 bits per heavy atom. The maximum Gasteiger partial charge on any atom is 0.429 e. The van der Waals surface area contributed by atoms with Gasteiger partial charge in [-0.3, -0.25) is 9.78 Å². The van der Waals surface area contributed by atoms with Gasteiger partial charge < -0.3 is 9.84 Å². The Labute approximate surface area is 135 Å². The number of aryl methyl sites for hydroxylation is 1. The molecule has 0 aliphatic heterocycles. The van der Waals surface area contributed by atoms with Crippen molar-refractivity contribution in [3.8, 4) is 0 Å². The maximum atomic E-state index is 12.6. The number of aromatic amines is 1. The van der Waals surface area contributed by atoms with E-state index in [4.69, 9.17) is 4.74 Å². The van der Waals surface area contributed by atoms with Gasteiger partial charge in [0, 0.05) is 11.9 Å². The third-order valence-corrected chi connectivity index (χ3v) is 4.36. The fourth-order valence-corrected chi connectivity index (χ4v) is 3.13. The van der Waals surface area contributed by atoms with E-state index in [9.17, 15) is 19.5 Å². The Hall–Kier alpha value is -2.13. The van der Waals surface area contributed by atoms with E-state index < -0.39 is 22.9 Å². The van der Waals surface area contributed by atoms with Gasteiger partial charge >= 0.3 is 11.8 Å². The molecular formula is C14H19N3O5S. The summed E-state index contributed by atoms with van der Waals surface area (Å²) in [6.45, 7) is 6.51. The van der Waals surface area contributed by atoms with Crippen molar-refractivity contribution < 1.29 is 14.6 Å². The molecule has 8 nitrogen and oxygen atoms in total. The van der Waals surface area contributed by atoms with Crippen LogP contribution in [-0.2, 0) is 11.3 Å². The second kappa shape index (κ2) is 5.82. The van der Waals surface area contributed by atoms with Crippen molar-refractivity contribution in [1.29, 1.82) is 0 Å². The maximum absolute atomic E-state index is 12.6. The van der Waals surface area contributed by atoms with Crippen molar-refractivity contribution in [1.82, 2.24) is 9.66 Å². The third kappa shape index (κ3) is 3.15. The first-order valence-corrected chi connectivity index (χ1v) is 7.73. The summed E-state index contributed by atoms with van der Waals surface area (Å²) in [7, 11) is 1.28. The highest BCUT2D eigenvalue weighted by molar-refractivity contribution is 7.18. The second-order valence-electron chi connectivity index (χ2n) is 6.06. The van der Waals surface area contributed by atoms with Crippen LogP contribution in [0.4, 0.5) is 4.79 Å². The van der Waals surface area contributed by atoms with Crippen molar-refractivity contribution in [3.05, 3.63) is 31.3 Å². The number of aromatic nitrogens is 2. The predicted molar refractivity (Wildman–Crippen MR) is 87.7 cm³/mol. The van der Waals surface area contributed by atoms with Crippen molar-refractivity contribution in [3.63, 3.8) is 0 Å². The zero-order chi connectivity index (χ0) is 17.5. The number of amides is 1. The molecule has 0 fully saturated rings. The van der Waals surface area contributed by atoms with Crippen LogP contribution in [0.3, 0.4) is 0 Å². The van der Waals surface area contributed by atoms with Gasteiger partial charge in [0.1, 0.15) is 10.4 Å². The van der Waals surface area contributed by atoms with Gasteiger partial charge in [0.25, 0.3) is 5.56 Å². The Morgan fingerprint density at radius 2 is 2.00 bits per heavy atom. The molecule has 23 heavy (non-hydrogen) atoms. The highest BCUT2D eigenvalue weighted by Gasteiger charge is 2.24. The molecular weight excluding hydrogens is 322 g/mol. The van der Waals surface area contributed by atoms with Crippen LogP contribution in [0.1, 0.15) is 31.2 Å². The zero-order valence-electron chi connectivity index (χ0n) is 13.6. The predicted octanol–water partition coefficient (Wildman–Crippen LogP) is 1.05. The number of rotatable bonds is 2. The lowest BCUT2D eigenvalue weighted by Crippen LogP contribution is -2.52. The fourth-order valence-electron chi connectivity index (χ4n) is 2.09. The molecule has 0 bridgehead atoms. The van der Waals surface area contributed by atoms with Gasteiger partial charge in [-0.1, -0.05) is 0 Å². The lowest BCUT2D eigenvalue weighted by Gasteiger charge is -2.24. The molecule has 0 saturated heterocycles. The van der Waals surface area contributed by atoms with Gasteiger partial charge in [-0.25, -0.2) is 14.6 Å². The van der Waals surface area contributed by atoms with Gasteiger partial charge in [-0.15, -0.1) is 11.3 Å². The average Bonchev–Trinajstić information content (AvgIpc) is 2.72. The van der Waals surface area contributed by atoms with Crippen LogP contribution in [0, 0.1) is 6.92 Å². The number of thiophene rings is 1. The van der Waals surface area contributed by atoms with Crippen LogP contribution in [0.15, 0.2) is 9.59 Å². The topological polar surface area (TPSA) is 105 Å². The minimum Gasteiger partial charge on any atom is -0.442 e. The van der Waals surface area contributed by atoms with Crippen LogP contribution < -0.4 is 16.3 Å². The Kier molecular flexibility index (Phi) is 4.36. The molecule has 0 radical (unpaired) electrons. The number of hydrogen-bond acceptors (Lipinski definition) is 6. The second-order valence-corrected chi connectivity index (χ2v) is 7.17. The number of ether oxygens (including phenoxy) is 1. The van der Waals surface area contributed by atoms with E-state index in [1.165, 1.54) is 7.05 Å². The summed E-state index contributed by atoms with van der Waals surface area (Å²) in [6, 6.07) is 0. The Bertz CT molecular complexity index is 871. The quantitative estimate of drug-likeness (QED) is 0.850. The number of nitrogens with zero attached hydrogens (tertiary/aromatic N) is 2. The molecule has 2 heterocycles. The zero-order valence-corrected chi connectivity index (χ0v) is 14.4. The number of aliphatic hydroxyl groups excluding tert-OH is 1. The van der Waals surface area contributed by atoms with Crippen molar-refractivity contribution in [2.24, 2.45) is 0 Å². The summed E-state index contributed by atoms with van der Waals surface area (Å²) in [4.78, 5) is 40.4. The molecule has 0 aromatic carbocycles. The van der Waals surface area contributed by atoms with E-state index in [2.05, 4.69) is 4.98 Å². The molecule has 2 aromatic heterocycles.